The van der Waals surface area contributed by atoms with Crippen LogP contribution in [0, 0.1) is 0 Å². The first-order valence-electron chi connectivity index (χ1n) is 5.16. The molecule has 0 saturated carbocycles. The van der Waals surface area contributed by atoms with E-state index in [4.69, 9.17) is 9.47 Å². The third-order valence-corrected chi connectivity index (χ3v) is 2.87. The van der Waals surface area contributed by atoms with Gasteiger partial charge in [-0.1, -0.05) is 12.1 Å². The zero-order valence-corrected chi connectivity index (χ0v) is 11.0. The van der Waals surface area contributed by atoms with Crippen molar-refractivity contribution < 1.29 is 9.47 Å². The zero-order chi connectivity index (χ0) is 12.1. The van der Waals surface area contributed by atoms with Gasteiger partial charge in [-0.2, -0.15) is 0 Å². The van der Waals surface area contributed by atoms with Gasteiger partial charge in [0.2, 0.25) is 0 Å². The maximum absolute atomic E-state index is 5.65. The zero-order valence-electron chi connectivity index (χ0n) is 9.39. The van der Waals surface area contributed by atoms with E-state index in [1.165, 1.54) is 0 Å². The van der Waals surface area contributed by atoms with Crippen LogP contribution >= 0.6 is 15.9 Å². The van der Waals surface area contributed by atoms with Crippen LogP contribution in [0.15, 0.2) is 47.2 Å². The lowest BCUT2D eigenvalue weighted by atomic mass is 10.2. The van der Waals surface area contributed by atoms with Crippen molar-refractivity contribution in [1.82, 2.24) is 4.98 Å². The average Bonchev–Trinajstić information content (AvgIpc) is 2.38. The normalized spacial score (nSPS) is 10.0. The monoisotopic (exact) mass is 293 g/mol. The molecule has 17 heavy (non-hydrogen) atoms. The van der Waals surface area contributed by atoms with Gasteiger partial charge in [0.25, 0.3) is 0 Å². The third-order valence-electron chi connectivity index (χ3n) is 2.28. The minimum absolute atomic E-state index is 0.508. The molecule has 0 saturated heterocycles. The highest BCUT2D eigenvalue weighted by atomic mass is 79.9. The molecule has 0 N–H and O–H groups in total. The number of benzene rings is 1. The number of ether oxygens (including phenoxy) is 2. The largest absolute Gasteiger partial charge is 0.497 e. The van der Waals surface area contributed by atoms with Crippen LogP contribution in [0.5, 0.6) is 11.5 Å². The van der Waals surface area contributed by atoms with Gasteiger partial charge < -0.3 is 9.47 Å². The topological polar surface area (TPSA) is 31.4 Å². The Bertz CT molecular complexity index is 485. The minimum Gasteiger partial charge on any atom is -0.497 e. The van der Waals surface area contributed by atoms with E-state index in [0.29, 0.717) is 11.2 Å². The molecule has 1 heterocycles. The molecule has 1 aromatic carbocycles. The van der Waals surface area contributed by atoms with Crippen molar-refractivity contribution >= 4 is 15.9 Å². The second kappa shape index (κ2) is 5.68. The predicted molar refractivity (Wildman–Crippen MR) is 69.3 cm³/mol. The Balaban J connectivity index is 2.00. The lowest BCUT2D eigenvalue weighted by Crippen LogP contribution is -1.96. The van der Waals surface area contributed by atoms with Crippen molar-refractivity contribution in [3.05, 3.63) is 52.8 Å². The van der Waals surface area contributed by atoms with Gasteiger partial charge in [-0.3, -0.25) is 0 Å². The van der Waals surface area contributed by atoms with Crippen LogP contribution in [0.25, 0.3) is 0 Å². The van der Waals surface area contributed by atoms with E-state index in [1.54, 1.807) is 13.3 Å². The molecule has 0 atom stereocenters. The van der Waals surface area contributed by atoms with Gasteiger partial charge in [0.1, 0.15) is 17.0 Å². The van der Waals surface area contributed by atoms with E-state index in [-0.39, 0.29) is 0 Å². The Kier molecular flexibility index (Phi) is 3.98. The molecule has 0 bridgehead atoms. The molecule has 4 heteroatoms. The van der Waals surface area contributed by atoms with Gasteiger partial charge in [0, 0.05) is 6.20 Å². The Morgan fingerprint density at radius 3 is 2.59 bits per heavy atom. The van der Waals surface area contributed by atoms with E-state index >= 15 is 0 Å². The maximum Gasteiger partial charge on any atom is 0.152 e. The molecule has 2 aromatic rings. The second-order valence-corrected chi connectivity index (χ2v) is 4.18. The fraction of sp³-hybridized carbons (Fsp3) is 0.154. The highest BCUT2D eigenvalue weighted by molar-refractivity contribution is 9.10. The van der Waals surface area contributed by atoms with Gasteiger partial charge in [-0.15, -0.1) is 0 Å². The first-order chi connectivity index (χ1) is 8.29. The number of hydrogen-bond acceptors (Lipinski definition) is 3. The van der Waals surface area contributed by atoms with E-state index < -0.39 is 0 Å². The van der Waals surface area contributed by atoms with Gasteiger partial charge in [0.15, 0.2) is 5.75 Å². The number of pyridine rings is 1. The summed E-state index contributed by atoms with van der Waals surface area (Å²) in [5.41, 5.74) is 1.08. The summed E-state index contributed by atoms with van der Waals surface area (Å²) in [6.07, 6.45) is 1.71. The third kappa shape index (κ3) is 3.20. The summed E-state index contributed by atoms with van der Waals surface area (Å²) in [4.78, 5) is 4.09. The SMILES string of the molecule is COc1ccc(COc2cccnc2Br)cc1. The average molecular weight is 294 g/mol. The molecule has 0 amide bonds. The van der Waals surface area contributed by atoms with Crippen molar-refractivity contribution in [2.45, 2.75) is 6.61 Å². The Hall–Kier alpha value is -1.55. The number of aromatic nitrogens is 1. The second-order valence-electron chi connectivity index (χ2n) is 3.43. The molecule has 88 valence electrons. The summed E-state index contributed by atoms with van der Waals surface area (Å²) in [5, 5.41) is 0. The van der Waals surface area contributed by atoms with Crippen molar-refractivity contribution in [3.63, 3.8) is 0 Å². The Morgan fingerprint density at radius 2 is 1.94 bits per heavy atom. The van der Waals surface area contributed by atoms with Crippen LogP contribution in [0.3, 0.4) is 0 Å². The van der Waals surface area contributed by atoms with E-state index in [2.05, 4.69) is 20.9 Å². The van der Waals surface area contributed by atoms with Crippen molar-refractivity contribution in [3.8, 4) is 11.5 Å². The maximum atomic E-state index is 5.65. The molecule has 0 fully saturated rings. The number of nitrogens with zero attached hydrogens (tertiary/aromatic N) is 1. The van der Waals surface area contributed by atoms with E-state index in [1.807, 2.05) is 36.4 Å². The summed E-state index contributed by atoms with van der Waals surface area (Å²) >= 11 is 3.34. The van der Waals surface area contributed by atoms with Crippen LogP contribution in [0.1, 0.15) is 5.56 Å². The van der Waals surface area contributed by atoms with Gasteiger partial charge in [-0.05, 0) is 45.8 Å². The molecule has 0 unspecified atom stereocenters. The molecule has 3 nitrogen and oxygen atoms in total. The summed E-state index contributed by atoms with van der Waals surface area (Å²) in [5.74, 6) is 1.58. The molecule has 0 spiro atoms. The standard InChI is InChI=1S/C13H12BrNO2/c1-16-11-6-4-10(5-7-11)9-17-12-3-2-8-15-13(12)14/h2-8H,9H2,1H3. The molecule has 0 radical (unpaired) electrons. The minimum atomic E-state index is 0.508. The van der Waals surface area contributed by atoms with Crippen LogP contribution in [-0.2, 0) is 6.61 Å². The summed E-state index contributed by atoms with van der Waals surface area (Å²) in [6.45, 7) is 0.508. The molecular formula is C13H12BrNO2. The smallest absolute Gasteiger partial charge is 0.152 e. The number of halogens is 1. The lowest BCUT2D eigenvalue weighted by molar-refractivity contribution is 0.302. The van der Waals surface area contributed by atoms with Crippen LogP contribution in [0.2, 0.25) is 0 Å². The van der Waals surface area contributed by atoms with Crippen LogP contribution in [0.4, 0.5) is 0 Å². The fourth-order valence-corrected chi connectivity index (χ4v) is 1.73. The van der Waals surface area contributed by atoms with Crippen molar-refractivity contribution in [2.24, 2.45) is 0 Å². The highest BCUT2D eigenvalue weighted by Gasteiger charge is 2.01. The van der Waals surface area contributed by atoms with E-state index in [9.17, 15) is 0 Å². The molecule has 1 aromatic heterocycles. The highest BCUT2D eigenvalue weighted by Crippen LogP contribution is 2.22. The van der Waals surface area contributed by atoms with Gasteiger partial charge >= 0.3 is 0 Å². The van der Waals surface area contributed by atoms with Crippen LogP contribution in [-0.4, -0.2) is 12.1 Å². The number of hydrogen-bond donors (Lipinski definition) is 0. The Labute approximate surface area is 109 Å². The predicted octanol–water partition coefficient (Wildman–Crippen LogP) is 3.43. The molecule has 0 aliphatic heterocycles. The quantitative estimate of drug-likeness (QED) is 0.810. The number of rotatable bonds is 4. The Morgan fingerprint density at radius 1 is 1.18 bits per heavy atom. The summed E-state index contributed by atoms with van der Waals surface area (Å²) in [6, 6.07) is 11.5. The van der Waals surface area contributed by atoms with Gasteiger partial charge in [-0.25, -0.2) is 4.98 Å². The molecule has 0 aliphatic rings. The van der Waals surface area contributed by atoms with Crippen molar-refractivity contribution in [2.75, 3.05) is 7.11 Å². The first kappa shape index (κ1) is 11.9. The number of methoxy groups -OCH3 is 1. The fourth-order valence-electron chi connectivity index (χ4n) is 1.36. The molecule has 0 aliphatic carbocycles. The van der Waals surface area contributed by atoms with E-state index in [0.717, 1.165) is 17.1 Å². The molecule has 2 rings (SSSR count). The van der Waals surface area contributed by atoms with Gasteiger partial charge in [0.05, 0.1) is 7.11 Å². The summed E-state index contributed by atoms with van der Waals surface area (Å²) in [7, 11) is 1.65. The lowest BCUT2D eigenvalue weighted by Gasteiger charge is -2.07. The van der Waals surface area contributed by atoms with Crippen molar-refractivity contribution in [1.29, 1.82) is 0 Å². The first-order valence-corrected chi connectivity index (χ1v) is 5.95. The molecular weight excluding hydrogens is 282 g/mol. The van der Waals surface area contributed by atoms with Crippen LogP contribution < -0.4 is 9.47 Å². The summed E-state index contributed by atoms with van der Waals surface area (Å²) < 4.78 is 11.5.